The van der Waals surface area contributed by atoms with E-state index in [1.165, 1.54) is 16.9 Å². The summed E-state index contributed by atoms with van der Waals surface area (Å²) in [6.45, 7) is 0.876. The van der Waals surface area contributed by atoms with Crippen molar-refractivity contribution in [2.24, 2.45) is 0 Å². The summed E-state index contributed by atoms with van der Waals surface area (Å²) in [5.41, 5.74) is 4.47. The lowest BCUT2D eigenvalue weighted by molar-refractivity contribution is -0.152. The first-order valence-corrected chi connectivity index (χ1v) is 9.95. The minimum atomic E-state index is -1.94. The molecule has 0 saturated carbocycles. The molecule has 4 rings (SSSR count). The Bertz CT molecular complexity index is 999. The van der Waals surface area contributed by atoms with Gasteiger partial charge in [-0.25, -0.2) is 9.50 Å². The second-order valence-corrected chi connectivity index (χ2v) is 7.79. The summed E-state index contributed by atoms with van der Waals surface area (Å²) in [5, 5.41) is 44.6. The van der Waals surface area contributed by atoms with E-state index >= 15 is 0 Å². The van der Waals surface area contributed by atoms with Gasteiger partial charge in [-0.1, -0.05) is 0 Å². The number of hydrogen-bond acceptors (Lipinski definition) is 11. The van der Waals surface area contributed by atoms with Gasteiger partial charge in [0.1, 0.15) is 42.8 Å². The number of nitrogen functional groups attached to an aromatic ring is 1. The van der Waals surface area contributed by atoms with Crippen LogP contribution in [-0.2, 0) is 19.9 Å². The van der Waals surface area contributed by atoms with Gasteiger partial charge in [0, 0.05) is 13.1 Å². The topological polar surface area (TPSA) is 179 Å². The highest BCUT2D eigenvalue weighted by Crippen LogP contribution is 2.40. The Morgan fingerprint density at radius 3 is 2.81 bits per heavy atom. The molecule has 0 aromatic carbocycles. The van der Waals surface area contributed by atoms with Crippen LogP contribution in [0.5, 0.6) is 0 Å². The normalized spacial score (nSPS) is 29.8. The number of likely N-dealkylation sites (tertiary alicyclic amines) is 1. The molecule has 2 aromatic heterocycles. The third kappa shape index (κ3) is 3.82. The number of ether oxygens (including phenoxy) is 2. The standard InChI is InChI=1S/C19H24N6O6/c20-9-19(14-2-1-12-18(21)22-10-23-25(12)14)17(29)16(28)13(31-19)8-30-15(27)7-24-5-3-11(26)4-6-24/h1-2,10-11,13,16-17,26,28-29H,3-8H2,(H2,21,22,23)/t13-,16-,17-,19+/m1/s1. The molecule has 166 valence electrons. The van der Waals surface area contributed by atoms with Gasteiger partial charge in [-0.15, -0.1) is 0 Å². The maximum atomic E-state index is 12.2. The summed E-state index contributed by atoms with van der Waals surface area (Å²) in [4.78, 5) is 17.9. The van der Waals surface area contributed by atoms with Gasteiger partial charge in [-0.2, -0.15) is 10.4 Å². The number of aromatic nitrogens is 3. The average molecular weight is 432 g/mol. The fourth-order valence-electron chi connectivity index (χ4n) is 4.03. The summed E-state index contributed by atoms with van der Waals surface area (Å²) in [6.07, 6.45) is -2.16. The van der Waals surface area contributed by atoms with E-state index in [4.69, 9.17) is 15.2 Å². The van der Waals surface area contributed by atoms with Crippen molar-refractivity contribution in [3.05, 3.63) is 24.2 Å². The Kier molecular flexibility index (Phi) is 5.78. The van der Waals surface area contributed by atoms with Crippen molar-refractivity contribution in [1.29, 1.82) is 5.26 Å². The number of carbonyl (C=O) groups excluding carboxylic acids is 1. The molecule has 0 amide bonds. The Labute approximate surface area is 177 Å². The molecule has 2 aliphatic rings. The van der Waals surface area contributed by atoms with Crippen LogP contribution in [0.1, 0.15) is 18.5 Å². The summed E-state index contributed by atoms with van der Waals surface area (Å²) < 4.78 is 12.3. The van der Waals surface area contributed by atoms with Crippen molar-refractivity contribution < 1.29 is 29.6 Å². The number of nitriles is 1. The van der Waals surface area contributed by atoms with Crippen molar-refractivity contribution in [2.45, 2.75) is 42.9 Å². The molecule has 0 radical (unpaired) electrons. The quantitative estimate of drug-likeness (QED) is 0.390. The molecule has 12 nitrogen and oxygen atoms in total. The lowest BCUT2D eigenvalue weighted by Crippen LogP contribution is -2.41. The fourth-order valence-corrected chi connectivity index (χ4v) is 4.03. The molecular formula is C19H24N6O6. The number of anilines is 1. The predicted molar refractivity (Wildman–Crippen MR) is 104 cm³/mol. The third-order valence-electron chi connectivity index (χ3n) is 5.81. The van der Waals surface area contributed by atoms with Crippen molar-refractivity contribution in [2.75, 3.05) is 32.0 Å². The predicted octanol–water partition coefficient (Wildman–Crippen LogP) is -1.85. The molecule has 2 aromatic rings. The zero-order valence-corrected chi connectivity index (χ0v) is 16.7. The molecule has 12 heteroatoms. The smallest absolute Gasteiger partial charge is 0.320 e. The first kappa shape index (κ1) is 21.4. The molecule has 2 aliphatic heterocycles. The van der Waals surface area contributed by atoms with Gasteiger partial charge < -0.3 is 30.5 Å². The van der Waals surface area contributed by atoms with Crippen molar-refractivity contribution >= 4 is 17.3 Å². The van der Waals surface area contributed by atoms with Crippen LogP contribution >= 0.6 is 0 Å². The maximum absolute atomic E-state index is 12.2. The minimum Gasteiger partial charge on any atom is -0.462 e. The lowest BCUT2D eigenvalue weighted by Gasteiger charge is -2.28. The van der Waals surface area contributed by atoms with E-state index in [0.29, 0.717) is 31.4 Å². The number of aliphatic hydroxyl groups excluding tert-OH is 3. The first-order chi connectivity index (χ1) is 14.9. The zero-order chi connectivity index (χ0) is 22.2. The van der Waals surface area contributed by atoms with Gasteiger partial charge in [0.25, 0.3) is 0 Å². The van der Waals surface area contributed by atoms with Crippen LogP contribution in [0.3, 0.4) is 0 Å². The molecule has 2 fully saturated rings. The molecule has 4 heterocycles. The van der Waals surface area contributed by atoms with Crippen molar-refractivity contribution in [3.63, 3.8) is 0 Å². The fraction of sp³-hybridized carbons (Fsp3) is 0.579. The lowest BCUT2D eigenvalue weighted by atomic mass is 9.92. The molecule has 2 saturated heterocycles. The van der Waals surface area contributed by atoms with Crippen LogP contribution in [0.2, 0.25) is 0 Å². The Morgan fingerprint density at radius 2 is 2.10 bits per heavy atom. The summed E-state index contributed by atoms with van der Waals surface area (Å²) in [5.74, 6) is -0.345. The molecule has 4 atom stereocenters. The number of nitrogens with zero attached hydrogens (tertiary/aromatic N) is 5. The highest BCUT2D eigenvalue weighted by molar-refractivity contribution is 5.71. The Hall–Kier alpha value is -2.82. The van der Waals surface area contributed by atoms with Gasteiger partial charge in [0.15, 0.2) is 5.82 Å². The van der Waals surface area contributed by atoms with E-state index in [2.05, 4.69) is 10.1 Å². The van der Waals surface area contributed by atoms with Gasteiger partial charge in [-0.3, -0.25) is 9.69 Å². The van der Waals surface area contributed by atoms with Gasteiger partial charge in [-0.05, 0) is 25.0 Å². The van der Waals surface area contributed by atoms with E-state index in [9.17, 15) is 25.4 Å². The van der Waals surface area contributed by atoms with E-state index in [1.54, 1.807) is 6.07 Å². The highest BCUT2D eigenvalue weighted by atomic mass is 16.6. The molecule has 0 spiro atoms. The largest absolute Gasteiger partial charge is 0.462 e. The monoisotopic (exact) mass is 432 g/mol. The van der Waals surface area contributed by atoms with E-state index in [-0.39, 0.29) is 30.8 Å². The SMILES string of the molecule is N#C[C@@]1(c2ccc3c(N)ncnn23)O[C@H](COC(=O)CN2CCC(O)CC2)[C@@H](O)[C@H]1O. The van der Waals surface area contributed by atoms with Crippen molar-refractivity contribution in [1.82, 2.24) is 19.5 Å². The second-order valence-electron chi connectivity index (χ2n) is 7.79. The number of esters is 1. The molecule has 0 aliphatic carbocycles. The van der Waals surface area contributed by atoms with Crippen molar-refractivity contribution in [3.8, 4) is 6.07 Å². The molecule has 0 bridgehead atoms. The number of fused-ring (bicyclic) bond motifs is 1. The van der Waals surface area contributed by atoms with Gasteiger partial charge in [0.05, 0.1) is 18.3 Å². The van der Waals surface area contributed by atoms with E-state index < -0.39 is 29.9 Å². The number of nitrogens with two attached hydrogens (primary N) is 1. The van der Waals surface area contributed by atoms with Gasteiger partial charge in [0.2, 0.25) is 5.60 Å². The number of carbonyl (C=O) groups is 1. The number of aliphatic hydroxyl groups is 3. The van der Waals surface area contributed by atoms with E-state index in [0.717, 1.165) is 0 Å². The number of rotatable bonds is 5. The van der Waals surface area contributed by atoms with Gasteiger partial charge >= 0.3 is 5.97 Å². The first-order valence-electron chi connectivity index (χ1n) is 9.95. The maximum Gasteiger partial charge on any atom is 0.320 e. The third-order valence-corrected chi connectivity index (χ3v) is 5.81. The van der Waals surface area contributed by atoms with Crippen LogP contribution in [0.25, 0.3) is 5.52 Å². The summed E-state index contributed by atoms with van der Waals surface area (Å²) in [6, 6.07) is 5.02. The number of hydrogen-bond donors (Lipinski definition) is 4. The van der Waals surface area contributed by atoms with E-state index in [1.807, 2.05) is 11.0 Å². The van der Waals surface area contributed by atoms with Crippen LogP contribution < -0.4 is 5.73 Å². The summed E-state index contributed by atoms with van der Waals surface area (Å²) >= 11 is 0. The Balaban J connectivity index is 1.46. The van der Waals surface area contributed by atoms with Crippen LogP contribution in [-0.4, -0.2) is 91.4 Å². The van der Waals surface area contributed by atoms with Crippen LogP contribution in [0.15, 0.2) is 18.5 Å². The second kappa shape index (κ2) is 8.37. The minimum absolute atomic E-state index is 0.0427. The highest BCUT2D eigenvalue weighted by Gasteiger charge is 2.57. The summed E-state index contributed by atoms with van der Waals surface area (Å²) in [7, 11) is 0. The molecule has 0 unspecified atom stereocenters. The number of piperidine rings is 1. The Morgan fingerprint density at radius 1 is 1.35 bits per heavy atom. The molecule has 31 heavy (non-hydrogen) atoms. The average Bonchev–Trinajstić information content (AvgIpc) is 3.30. The zero-order valence-electron chi connectivity index (χ0n) is 16.7. The molecular weight excluding hydrogens is 408 g/mol. The van der Waals surface area contributed by atoms with Crippen LogP contribution in [0.4, 0.5) is 5.82 Å². The van der Waals surface area contributed by atoms with Crippen LogP contribution in [0, 0.1) is 11.3 Å². The molecule has 5 N–H and O–H groups in total.